The van der Waals surface area contributed by atoms with E-state index in [1.165, 1.54) is 128 Å². The average Bonchev–Trinajstić information content (AvgIpc) is 3.13. The van der Waals surface area contributed by atoms with Crippen molar-refractivity contribution in [2.75, 3.05) is 26.2 Å². The van der Waals surface area contributed by atoms with Crippen molar-refractivity contribution in [3.63, 3.8) is 0 Å². The summed E-state index contributed by atoms with van der Waals surface area (Å²) in [6, 6.07) is -0.763. The number of carboxylic acid groups (broad SMARTS) is 2. The van der Waals surface area contributed by atoms with Gasteiger partial charge in [-0.3, -0.25) is 9.80 Å². The molecule has 0 aromatic rings. The van der Waals surface area contributed by atoms with E-state index in [2.05, 4.69) is 51.3 Å². The molecule has 0 aliphatic heterocycles. The van der Waals surface area contributed by atoms with Crippen LogP contribution in [0.5, 0.6) is 0 Å². The molecule has 0 heterocycles. The standard InChI is InChI=1S/2C23H47NO2.Ca/c2*1-4-7-10-12-14-17-20-24(21-18-15-13-11-8-5-2)22(23(25)26)19-16-9-6-3;/h2*22H,4-21H2,1-3H3,(H,25,26);/q;;+2/p-2. The summed E-state index contributed by atoms with van der Waals surface area (Å²) in [5.41, 5.74) is 0. The molecule has 2 atom stereocenters. The zero-order valence-corrected chi connectivity index (χ0v) is 39.1. The molecule has 0 rings (SSSR count). The van der Waals surface area contributed by atoms with Gasteiger partial charge in [0.15, 0.2) is 0 Å². The summed E-state index contributed by atoms with van der Waals surface area (Å²) in [6.07, 6.45) is 38.1. The second-order valence-corrected chi connectivity index (χ2v) is 15.8. The van der Waals surface area contributed by atoms with Crippen LogP contribution in [0.1, 0.15) is 247 Å². The Morgan fingerprint density at radius 1 is 0.340 bits per heavy atom. The Morgan fingerprint density at radius 2 is 0.528 bits per heavy atom. The Balaban J connectivity index is -0.000000926. The SMILES string of the molecule is CCCCCCCCN(CCCCCCCC)C(CCCCC)C(=O)[O-].CCCCCCCCN(CCCCCCCC)C(CCCCC)C(=O)[O-].[Ca+2]. The van der Waals surface area contributed by atoms with Gasteiger partial charge in [0.2, 0.25) is 0 Å². The second-order valence-electron chi connectivity index (χ2n) is 15.8. The number of carbonyl (C=O) groups is 2. The van der Waals surface area contributed by atoms with E-state index in [1.54, 1.807) is 0 Å². The minimum atomic E-state index is -0.863. The Labute approximate surface area is 362 Å². The third-order valence-corrected chi connectivity index (χ3v) is 10.8. The number of unbranched alkanes of at least 4 members (excludes halogenated alkanes) is 24. The molecule has 2 unspecified atom stereocenters. The summed E-state index contributed by atoms with van der Waals surface area (Å²) in [5.74, 6) is -1.73. The first-order valence-corrected chi connectivity index (χ1v) is 23.2. The van der Waals surface area contributed by atoms with Gasteiger partial charge in [0.1, 0.15) is 0 Å². The largest absolute Gasteiger partial charge is 2.00 e. The topological polar surface area (TPSA) is 86.7 Å². The fourth-order valence-corrected chi connectivity index (χ4v) is 7.30. The fraction of sp³-hybridized carbons (Fsp3) is 0.957. The molecule has 312 valence electrons. The van der Waals surface area contributed by atoms with Crippen LogP contribution < -0.4 is 10.2 Å². The maximum absolute atomic E-state index is 11.7. The summed E-state index contributed by atoms with van der Waals surface area (Å²) in [5, 5.41) is 23.5. The fourth-order valence-electron chi connectivity index (χ4n) is 7.30. The summed E-state index contributed by atoms with van der Waals surface area (Å²) in [4.78, 5) is 27.9. The molecule has 0 aromatic carbocycles. The number of hydrogen-bond acceptors (Lipinski definition) is 6. The van der Waals surface area contributed by atoms with Crippen LogP contribution in [0, 0.1) is 0 Å². The van der Waals surface area contributed by atoms with Crippen molar-refractivity contribution in [1.82, 2.24) is 9.80 Å². The van der Waals surface area contributed by atoms with Gasteiger partial charge >= 0.3 is 37.7 Å². The van der Waals surface area contributed by atoms with Crippen molar-refractivity contribution < 1.29 is 19.8 Å². The van der Waals surface area contributed by atoms with Gasteiger partial charge in [0, 0.05) is 12.1 Å². The van der Waals surface area contributed by atoms with Gasteiger partial charge < -0.3 is 19.8 Å². The van der Waals surface area contributed by atoms with Crippen LogP contribution in [-0.4, -0.2) is 97.7 Å². The number of rotatable bonds is 40. The van der Waals surface area contributed by atoms with Gasteiger partial charge in [0.25, 0.3) is 0 Å². The number of aliphatic carboxylic acids is 2. The normalized spacial score (nSPS) is 12.4. The van der Waals surface area contributed by atoms with Crippen LogP contribution in [0.2, 0.25) is 0 Å². The van der Waals surface area contributed by atoms with Crippen molar-refractivity contribution in [3.05, 3.63) is 0 Å². The van der Waals surface area contributed by atoms with E-state index >= 15 is 0 Å². The van der Waals surface area contributed by atoms with Crippen molar-refractivity contribution >= 4 is 49.7 Å². The molecule has 0 aliphatic carbocycles. The van der Waals surface area contributed by atoms with Gasteiger partial charge in [-0.25, -0.2) is 0 Å². The number of hydrogen-bond donors (Lipinski definition) is 0. The molecule has 0 N–H and O–H groups in total. The first kappa shape index (κ1) is 57.4. The molecule has 0 saturated heterocycles. The summed E-state index contributed by atoms with van der Waals surface area (Å²) in [7, 11) is 0. The van der Waals surface area contributed by atoms with Crippen LogP contribution in [0.15, 0.2) is 0 Å². The minimum Gasteiger partial charge on any atom is -0.548 e. The predicted octanol–water partition coefficient (Wildman–Crippen LogP) is 11.0. The van der Waals surface area contributed by atoms with Gasteiger partial charge in [-0.15, -0.1) is 0 Å². The molecule has 0 radical (unpaired) electrons. The van der Waals surface area contributed by atoms with Crippen LogP contribution >= 0.6 is 0 Å². The molecule has 7 heteroatoms. The molecule has 0 spiro atoms. The molecule has 0 bridgehead atoms. The maximum Gasteiger partial charge on any atom is 2.00 e. The molecule has 0 amide bonds. The van der Waals surface area contributed by atoms with Crippen LogP contribution in [0.25, 0.3) is 0 Å². The third-order valence-electron chi connectivity index (χ3n) is 10.8. The average molecular weight is 777 g/mol. The molecule has 6 nitrogen and oxygen atoms in total. The number of carboxylic acids is 2. The van der Waals surface area contributed by atoms with Crippen LogP contribution in [0.3, 0.4) is 0 Å². The quantitative estimate of drug-likeness (QED) is 0.0455. The van der Waals surface area contributed by atoms with Crippen molar-refractivity contribution in [2.24, 2.45) is 0 Å². The third kappa shape index (κ3) is 38.8. The first-order chi connectivity index (χ1) is 25.3. The van der Waals surface area contributed by atoms with E-state index in [0.29, 0.717) is 0 Å². The summed E-state index contributed by atoms with van der Waals surface area (Å²) >= 11 is 0. The molecule has 0 aromatic heterocycles. The Hall–Kier alpha value is 0.120. The maximum atomic E-state index is 11.7. The molecule has 0 fully saturated rings. The van der Waals surface area contributed by atoms with Crippen LogP contribution in [-0.2, 0) is 9.59 Å². The Bertz CT molecular complexity index is 648. The Morgan fingerprint density at radius 3 is 0.736 bits per heavy atom. The zero-order valence-electron chi connectivity index (χ0n) is 36.8. The van der Waals surface area contributed by atoms with Gasteiger partial charge in [-0.2, -0.15) is 0 Å². The van der Waals surface area contributed by atoms with E-state index in [1.807, 2.05) is 0 Å². The van der Waals surface area contributed by atoms with Gasteiger partial charge in [0.05, 0.1) is 11.9 Å². The van der Waals surface area contributed by atoms with Crippen LogP contribution in [0.4, 0.5) is 0 Å². The van der Waals surface area contributed by atoms with Gasteiger partial charge in [-0.05, 0) is 64.7 Å². The van der Waals surface area contributed by atoms with Crippen molar-refractivity contribution in [1.29, 1.82) is 0 Å². The molecular weight excluding hydrogens is 685 g/mol. The Kier molecular flexibility index (Phi) is 50.4. The van der Waals surface area contributed by atoms with E-state index in [-0.39, 0.29) is 49.8 Å². The van der Waals surface area contributed by atoms with E-state index in [0.717, 1.165) is 103 Å². The first-order valence-electron chi connectivity index (χ1n) is 23.2. The molecular formula is C46H92CaN2O4. The monoisotopic (exact) mass is 777 g/mol. The zero-order chi connectivity index (χ0) is 38.9. The second kappa shape index (κ2) is 46.5. The molecule has 0 saturated carbocycles. The van der Waals surface area contributed by atoms with Crippen molar-refractivity contribution in [3.8, 4) is 0 Å². The van der Waals surface area contributed by atoms with E-state index in [9.17, 15) is 19.8 Å². The van der Waals surface area contributed by atoms with Crippen molar-refractivity contribution in [2.45, 2.75) is 259 Å². The summed E-state index contributed by atoms with van der Waals surface area (Å²) in [6.45, 7) is 17.0. The molecule has 53 heavy (non-hydrogen) atoms. The number of carbonyl (C=O) groups excluding carboxylic acids is 2. The van der Waals surface area contributed by atoms with E-state index in [4.69, 9.17) is 0 Å². The molecule has 0 aliphatic rings. The predicted molar refractivity (Wildman–Crippen MR) is 228 cm³/mol. The van der Waals surface area contributed by atoms with Gasteiger partial charge in [-0.1, -0.05) is 208 Å². The summed E-state index contributed by atoms with van der Waals surface area (Å²) < 4.78 is 0. The minimum absolute atomic E-state index is 0. The smallest absolute Gasteiger partial charge is 0.548 e. The van der Waals surface area contributed by atoms with E-state index < -0.39 is 11.9 Å². The number of nitrogens with zero attached hydrogens (tertiary/aromatic N) is 2.